The summed E-state index contributed by atoms with van der Waals surface area (Å²) in [7, 11) is 0. The molecule has 0 radical (unpaired) electrons. The van der Waals surface area contributed by atoms with Crippen molar-refractivity contribution in [2.45, 2.75) is 26.1 Å². The summed E-state index contributed by atoms with van der Waals surface area (Å²) in [5.41, 5.74) is 2.04. The van der Waals surface area contributed by atoms with Crippen LogP contribution in [-0.2, 0) is 13.1 Å². The van der Waals surface area contributed by atoms with Gasteiger partial charge in [0.05, 0.1) is 12.2 Å². The second-order valence-electron chi connectivity index (χ2n) is 4.71. The van der Waals surface area contributed by atoms with Crippen molar-refractivity contribution in [2.24, 2.45) is 0 Å². The van der Waals surface area contributed by atoms with Crippen molar-refractivity contribution in [1.29, 1.82) is 0 Å². The topological polar surface area (TPSA) is 47.2 Å². The van der Waals surface area contributed by atoms with Crippen LogP contribution < -0.4 is 5.32 Å². The number of nitrogens with one attached hydrogen (secondary N) is 1. The first kappa shape index (κ1) is 11.9. The highest BCUT2D eigenvalue weighted by atomic mass is 15.3. The molecule has 0 unspecified atom stereocenters. The van der Waals surface area contributed by atoms with E-state index in [1.807, 2.05) is 45.7 Å². The molecule has 0 saturated heterocycles. The van der Waals surface area contributed by atoms with E-state index in [4.69, 9.17) is 0 Å². The number of rotatable bonds is 5. The summed E-state index contributed by atoms with van der Waals surface area (Å²) in [4.78, 5) is 4.56. The number of hydrogen-bond acceptors (Lipinski definition) is 3. The fourth-order valence-corrected chi connectivity index (χ4v) is 2.10. The minimum atomic E-state index is 0.352. The zero-order valence-electron chi connectivity index (χ0n) is 10.9. The number of pyridine rings is 1. The molecule has 0 fully saturated rings. The molecule has 1 atom stereocenters. The minimum Gasteiger partial charge on any atom is -0.307 e. The van der Waals surface area contributed by atoms with Gasteiger partial charge in [0.15, 0.2) is 0 Å². The molecular formula is C14H17N5. The first-order chi connectivity index (χ1) is 9.31. The predicted octanol–water partition coefficient (Wildman–Crippen LogP) is 1.71. The lowest BCUT2D eigenvalue weighted by atomic mass is 10.3. The standard InChI is InChI=1S/C14H17N5/c1-12(10-19-8-4-6-16-19)15-9-13-11-18-7-3-2-5-14(18)17-13/h2-8,11-12,15H,9-10H2,1H3/t12-/m0/s1. The van der Waals surface area contributed by atoms with Crippen LogP contribution in [0.1, 0.15) is 12.6 Å². The largest absolute Gasteiger partial charge is 0.307 e. The number of aromatic nitrogens is 4. The lowest BCUT2D eigenvalue weighted by Gasteiger charge is -2.12. The van der Waals surface area contributed by atoms with Gasteiger partial charge in [-0.3, -0.25) is 4.68 Å². The maximum Gasteiger partial charge on any atom is 0.137 e. The molecular weight excluding hydrogens is 238 g/mol. The lowest BCUT2D eigenvalue weighted by molar-refractivity contribution is 0.449. The Labute approximate surface area is 111 Å². The maximum absolute atomic E-state index is 4.56. The van der Waals surface area contributed by atoms with Gasteiger partial charge < -0.3 is 9.72 Å². The van der Waals surface area contributed by atoms with Gasteiger partial charge in [-0.15, -0.1) is 0 Å². The molecule has 0 aliphatic carbocycles. The summed E-state index contributed by atoms with van der Waals surface area (Å²) in [5, 5.41) is 7.66. The molecule has 5 nitrogen and oxygen atoms in total. The molecule has 3 rings (SSSR count). The van der Waals surface area contributed by atoms with Crippen LogP contribution in [0.2, 0.25) is 0 Å². The van der Waals surface area contributed by atoms with E-state index in [1.54, 1.807) is 6.20 Å². The van der Waals surface area contributed by atoms with Gasteiger partial charge in [-0.2, -0.15) is 5.10 Å². The Bertz CT molecular complexity index is 608. The Kier molecular flexibility index (Phi) is 3.29. The molecule has 0 amide bonds. The molecule has 0 aliphatic heterocycles. The summed E-state index contributed by atoms with van der Waals surface area (Å²) >= 11 is 0. The molecule has 0 spiro atoms. The van der Waals surface area contributed by atoms with Gasteiger partial charge in [-0.25, -0.2) is 4.98 Å². The van der Waals surface area contributed by atoms with Gasteiger partial charge in [0.2, 0.25) is 0 Å². The van der Waals surface area contributed by atoms with Crippen molar-refractivity contribution in [3.8, 4) is 0 Å². The van der Waals surface area contributed by atoms with Gasteiger partial charge >= 0.3 is 0 Å². The van der Waals surface area contributed by atoms with Crippen molar-refractivity contribution in [3.05, 3.63) is 54.7 Å². The van der Waals surface area contributed by atoms with Crippen LogP contribution in [0.5, 0.6) is 0 Å². The van der Waals surface area contributed by atoms with Crippen LogP contribution in [0.25, 0.3) is 5.65 Å². The monoisotopic (exact) mass is 255 g/mol. The molecule has 0 saturated carbocycles. The van der Waals surface area contributed by atoms with Crippen LogP contribution in [0.15, 0.2) is 49.1 Å². The third-order valence-corrected chi connectivity index (χ3v) is 3.07. The van der Waals surface area contributed by atoms with E-state index >= 15 is 0 Å². The zero-order chi connectivity index (χ0) is 13.1. The molecule has 98 valence electrons. The van der Waals surface area contributed by atoms with E-state index in [-0.39, 0.29) is 0 Å². The summed E-state index contributed by atoms with van der Waals surface area (Å²) in [6, 6.07) is 8.31. The van der Waals surface area contributed by atoms with Gasteiger partial charge in [-0.1, -0.05) is 6.07 Å². The maximum atomic E-state index is 4.56. The van der Waals surface area contributed by atoms with Gasteiger partial charge in [0.25, 0.3) is 0 Å². The van der Waals surface area contributed by atoms with Crippen LogP contribution in [0.3, 0.4) is 0 Å². The van der Waals surface area contributed by atoms with E-state index in [0.717, 1.165) is 24.4 Å². The normalized spacial score (nSPS) is 12.9. The minimum absolute atomic E-state index is 0.352. The second kappa shape index (κ2) is 5.24. The first-order valence-electron chi connectivity index (χ1n) is 6.45. The first-order valence-corrected chi connectivity index (χ1v) is 6.45. The Morgan fingerprint density at radius 3 is 3.00 bits per heavy atom. The van der Waals surface area contributed by atoms with E-state index in [9.17, 15) is 0 Å². The third kappa shape index (κ3) is 2.82. The Balaban J connectivity index is 1.59. The highest BCUT2D eigenvalue weighted by Crippen LogP contribution is 2.04. The number of nitrogens with zero attached hydrogens (tertiary/aromatic N) is 4. The van der Waals surface area contributed by atoms with Crippen LogP contribution >= 0.6 is 0 Å². The molecule has 5 heteroatoms. The van der Waals surface area contributed by atoms with E-state index < -0.39 is 0 Å². The Morgan fingerprint density at radius 1 is 1.26 bits per heavy atom. The van der Waals surface area contributed by atoms with Crippen LogP contribution in [0, 0.1) is 0 Å². The average molecular weight is 255 g/mol. The van der Waals surface area contributed by atoms with E-state index in [2.05, 4.69) is 28.5 Å². The fourth-order valence-electron chi connectivity index (χ4n) is 2.10. The molecule has 19 heavy (non-hydrogen) atoms. The van der Waals surface area contributed by atoms with E-state index in [0.29, 0.717) is 6.04 Å². The molecule has 0 bridgehead atoms. The quantitative estimate of drug-likeness (QED) is 0.755. The summed E-state index contributed by atoms with van der Waals surface area (Å²) in [6.07, 6.45) is 7.85. The molecule has 0 aliphatic rings. The molecule has 0 aromatic carbocycles. The Morgan fingerprint density at radius 2 is 2.21 bits per heavy atom. The van der Waals surface area contributed by atoms with Crippen LogP contribution in [-0.4, -0.2) is 25.2 Å². The molecule has 3 heterocycles. The smallest absolute Gasteiger partial charge is 0.137 e. The molecule has 3 aromatic rings. The molecule has 3 aromatic heterocycles. The zero-order valence-corrected chi connectivity index (χ0v) is 10.9. The lowest BCUT2D eigenvalue weighted by Crippen LogP contribution is -2.30. The summed E-state index contributed by atoms with van der Waals surface area (Å²) in [6.45, 7) is 3.78. The average Bonchev–Trinajstić information content (AvgIpc) is 3.04. The summed E-state index contributed by atoms with van der Waals surface area (Å²) < 4.78 is 3.97. The number of hydrogen-bond donors (Lipinski definition) is 1. The van der Waals surface area contributed by atoms with Gasteiger partial charge in [0, 0.05) is 37.4 Å². The van der Waals surface area contributed by atoms with Gasteiger partial charge in [0.1, 0.15) is 5.65 Å². The van der Waals surface area contributed by atoms with Crippen molar-refractivity contribution < 1.29 is 0 Å². The predicted molar refractivity (Wildman–Crippen MR) is 73.7 cm³/mol. The highest BCUT2D eigenvalue weighted by molar-refractivity contribution is 5.39. The van der Waals surface area contributed by atoms with E-state index in [1.165, 1.54) is 0 Å². The van der Waals surface area contributed by atoms with Crippen molar-refractivity contribution in [3.63, 3.8) is 0 Å². The highest BCUT2D eigenvalue weighted by Gasteiger charge is 2.05. The van der Waals surface area contributed by atoms with Crippen molar-refractivity contribution >= 4 is 5.65 Å². The number of fused-ring (bicyclic) bond motifs is 1. The third-order valence-electron chi connectivity index (χ3n) is 3.07. The van der Waals surface area contributed by atoms with Crippen molar-refractivity contribution in [1.82, 2.24) is 24.5 Å². The van der Waals surface area contributed by atoms with Gasteiger partial charge in [-0.05, 0) is 25.1 Å². The SMILES string of the molecule is C[C@@H](Cn1cccn1)NCc1cn2ccccc2n1. The fraction of sp³-hybridized carbons (Fsp3) is 0.286. The summed E-state index contributed by atoms with van der Waals surface area (Å²) in [5.74, 6) is 0. The molecule has 1 N–H and O–H groups in total. The number of imidazole rings is 1. The van der Waals surface area contributed by atoms with Crippen LogP contribution in [0.4, 0.5) is 0 Å². The van der Waals surface area contributed by atoms with Crippen molar-refractivity contribution in [2.75, 3.05) is 0 Å². The second-order valence-corrected chi connectivity index (χ2v) is 4.71. The Hall–Kier alpha value is -2.14.